The molecule has 0 saturated carbocycles. The smallest absolute Gasteiger partial charge is 0.327 e. The van der Waals surface area contributed by atoms with Crippen molar-refractivity contribution in [2.45, 2.75) is 19.1 Å². The van der Waals surface area contributed by atoms with Gasteiger partial charge in [0.05, 0.1) is 4.91 Å². The summed E-state index contributed by atoms with van der Waals surface area (Å²) in [5.74, 6) is -0.732. The van der Waals surface area contributed by atoms with E-state index in [4.69, 9.17) is 17.0 Å². The van der Waals surface area contributed by atoms with Gasteiger partial charge in [-0.25, -0.2) is 4.79 Å². The van der Waals surface area contributed by atoms with Crippen molar-refractivity contribution in [3.8, 4) is 5.75 Å². The summed E-state index contributed by atoms with van der Waals surface area (Å²) in [6.45, 7) is 0.469. The zero-order valence-electron chi connectivity index (χ0n) is 21.5. The minimum absolute atomic E-state index is 0.140. The van der Waals surface area contributed by atoms with E-state index in [1.807, 2.05) is 84.9 Å². The number of benzene rings is 4. The first kappa shape index (κ1) is 27.3. The van der Waals surface area contributed by atoms with Gasteiger partial charge in [0.1, 0.15) is 22.7 Å². The molecular weight excluding hydrogens is 620 g/mol. The largest absolute Gasteiger partial charge is 0.489 e. The molecule has 1 unspecified atom stereocenters. The van der Waals surface area contributed by atoms with E-state index in [1.165, 1.54) is 4.90 Å². The monoisotopic (exact) mass is 642 g/mol. The van der Waals surface area contributed by atoms with Crippen LogP contribution in [0.5, 0.6) is 5.75 Å². The lowest BCUT2D eigenvalue weighted by atomic mass is 10.0. The van der Waals surface area contributed by atoms with Crippen LogP contribution in [0.2, 0.25) is 0 Å². The van der Waals surface area contributed by atoms with E-state index in [2.05, 4.69) is 20.9 Å². The number of hydrogen-bond acceptors (Lipinski definition) is 5. The molecule has 6 nitrogen and oxygen atoms in total. The number of fused-ring (bicyclic) bond motifs is 2. The molecule has 41 heavy (non-hydrogen) atoms. The number of aromatic nitrogens is 1. The van der Waals surface area contributed by atoms with Crippen LogP contribution >= 0.6 is 39.9 Å². The highest BCUT2D eigenvalue weighted by Gasteiger charge is 2.40. The molecule has 1 fully saturated rings. The Morgan fingerprint density at radius 2 is 1.80 bits per heavy atom. The lowest BCUT2D eigenvalue weighted by Crippen LogP contribution is -2.45. The van der Waals surface area contributed by atoms with Crippen LogP contribution in [0.3, 0.4) is 0 Å². The number of carbonyl (C=O) groups is 2. The number of para-hydroxylation sites is 1. The zero-order chi connectivity index (χ0) is 28.5. The summed E-state index contributed by atoms with van der Waals surface area (Å²) < 4.78 is 7.24. The Balaban J connectivity index is 1.19. The van der Waals surface area contributed by atoms with Crippen LogP contribution in [-0.4, -0.2) is 37.2 Å². The summed E-state index contributed by atoms with van der Waals surface area (Å²) in [7, 11) is 0. The van der Waals surface area contributed by atoms with E-state index < -0.39 is 17.9 Å². The number of ether oxygens (including phenoxy) is 1. The van der Waals surface area contributed by atoms with Crippen molar-refractivity contribution in [3.63, 3.8) is 0 Å². The van der Waals surface area contributed by atoms with Gasteiger partial charge in [-0.1, -0.05) is 88.4 Å². The highest BCUT2D eigenvalue weighted by Crippen LogP contribution is 2.36. The molecule has 1 aliphatic heterocycles. The van der Waals surface area contributed by atoms with Gasteiger partial charge in [-0.3, -0.25) is 9.69 Å². The Kier molecular flexibility index (Phi) is 7.66. The third kappa shape index (κ3) is 5.79. The van der Waals surface area contributed by atoms with E-state index in [0.29, 0.717) is 11.5 Å². The number of H-pyrrole nitrogens is 1. The van der Waals surface area contributed by atoms with Crippen molar-refractivity contribution in [1.29, 1.82) is 0 Å². The molecule has 2 N–H and O–H groups in total. The summed E-state index contributed by atoms with van der Waals surface area (Å²) in [6.07, 6.45) is 3.70. The second-order valence-electron chi connectivity index (χ2n) is 9.65. The molecule has 0 aliphatic carbocycles. The Morgan fingerprint density at radius 1 is 1.05 bits per heavy atom. The summed E-state index contributed by atoms with van der Waals surface area (Å²) >= 11 is 10.1. The summed E-state index contributed by atoms with van der Waals surface area (Å²) in [5.41, 5.74) is 3.63. The summed E-state index contributed by atoms with van der Waals surface area (Å²) in [5, 5.41) is 13.0. The second-order valence-corrected chi connectivity index (χ2v) is 12.2. The lowest BCUT2D eigenvalue weighted by molar-refractivity contribution is -0.145. The lowest BCUT2D eigenvalue weighted by Gasteiger charge is -2.23. The van der Waals surface area contributed by atoms with Crippen LogP contribution in [0, 0.1) is 0 Å². The molecule has 1 saturated heterocycles. The predicted octanol–water partition coefficient (Wildman–Crippen LogP) is 7.56. The number of halogens is 1. The van der Waals surface area contributed by atoms with Gasteiger partial charge in [-0.05, 0) is 69.9 Å². The standard InChI is InChI=1S/C32H23BrN2O4S2/c33-24-10-6-19(7-11-24)18-39-25-12-9-21-13-20(5-8-22(21)15-25)14-29-30(36)35(32(40)41-29)28(31(37)38)16-23-17-34-27-4-2-1-3-26(23)27/h1-15,17,28,34H,16,18H2,(H,37,38)/b29-14-. The molecule has 9 heteroatoms. The van der Waals surface area contributed by atoms with E-state index in [1.54, 1.807) is 12.3 Å². The van der Waals surface area contributed by atoms with Crippen LogP contribution in [0.4, 0.5) is 0 Å². The van der Waals surface area contributed by atoms with Gasteiger partial charge in [0, 0.05) is 28.0 Å². The van der Waals surface area contributed by atoms with E-state index in [-0.39, 0.29) is 10.7 Å². The number of carbonyl (C=O) groups excluding carboxylic acids is 1. The van der Waals surface area contributed by atoms with Gasteiger partial charge in [-0.2, -0.15) is 0 Å². The first-order chi connectivity index (χ1) is 19.9. The van der Waals surface area contributed by atoms with Crippen LogP contribution in [-0.2, 0) is 22.6 Å². The first-order valence-electron chi connectivity index (χ1n) is 12.8. The topological polar surface area (TPSA) is 82.6 Å². The van der Waals surface area contributed by atoms with Gasteiger partial charge in [0.25, 0.3) is 5.91 Å². The Bertz CT molecular complexity index is 1850. The van der Waals surface area contributed by atoms with E-state index in [9.17, 15) is 14.7 Å². The maximum atomic E-state index is 13.4. The van der Waals surface area contributed by atoms with Crippen LogP contribution in [0.15, 0.2) is 101 Å². The molecule has 204 valence electrons. The van der Waals surface area contributed by atoms with Gasteiger partial charge < -0.3 is 14.8 Å². The third-order valence-electron chi connectivity index (χ3n) is 6.96. The average molecular weight is 644 g/mol. The molecule has 0 spiro atoms. The molecule has 2 heterocycles. The van der Waals surface area contributed by atoms with Gasteiger partial charge >= 0.3 is 5.97 Å². The van der Waals surface area contributed by atoms with Crippen molar-refractivity contribution in [2.75, 3.05) is 0 Å². The van der Waals surface area contributed by atoms with Crippen LogP contribution in [0.25, 0.3) is 27.8 Å². The van der Waals surface area contributed by atoms with Crippen molar-refractivity contribution in [3.05, 3.63) is 117 Å². The number of nitrogens with zero attached hydrogens (tertiary/aromatic N) is 1. The van der Waals surface area contributed by atoms with Gasteiger partial charge in [-0.15, -0.1) is 0 Å². The summed E-state index contributed by atoms with van der Waals surface area (Å²) in [6, 6.07) is 26.3. The number of thiocarbonyl (C=S) groups is 1. The Labute approximate surface area is 254 Å². The Hall–Kier alpha value is -3.92. The minimum Gasteiger partial charge on any atom is -0.489 e. The van der Waals surface area contributed by atoms with Gasteiger partial charge in [0.2, 0.25) is 0 Å². The van der Waals surface area contributed by atoms with E-state index in [0.717, 1.165) is 60.3 Å². The molecular formula is C32H23BrN2O4S2. The molecule has 1 atom stereocenters. The van der Waals surface area contributed by atoms with Crippen LogP contribution in [0.1, 0.15) is 16.7 Å². The number of amides is 1. The molecule has 4 aromatic carbocycles. The fourth-order valence-electron chi connectivity index (χ4n) is 4.87. The molecule has 1 aromatic heterocycles. The number of nitrogens with one attached hydrogen (secondary N) is 1. The number of rotatable bonds is 8. The SMILES string of the molecule is O=C(O)C(Cc1c[nH]c2ccccc12)N1C(=O)/C(=C/c2ccc3cc(OCc4ccc(Br)cc4)ccc3c2)SC1=S. The highest BCUT2D eigenvalue weighted by atomic mass is 79.9. The van der Waals surface area contributed by atoms with Crippen molar-refractivity contribution in [2.24, 2.45) is 0 Å². The molecule has 1 aliphatic rings. The first-order valence-corrected chi connectivity index (χ1v) is 14.8. The number of carboxylic acid groups (broad SMARTS) is 1. The average Bonchev–Trinajstić information content (AvgIpc) is 3.50. The van der Waals surface area contributed by atoms with Gasteiger partial charge in [0.15, 0.2) is 0 Å². The zero-order valence-corrected chi connectivity index (χ0v) is 24.8. The fourth-order valence-corrected chi connectivity index (χ4v) is 6.49. The third-order valence-corrected chi connectivity index (χ3v) is 8.82. The van der Waals surface area contributed by atoms with Crippen molar-refractivity contribution >= 4 is 83.9 Å². The molecule has 0 radical (unpaired) electrons. The highest BCUT2D eigenvalue weighted by molar-refractivity contribution is 9.10. The summed E-state index contributed by atoms with van der Waals surface area (Å²) in [4.78, 5) is 30.5. The van der Waals surface area contributed by atoms with E-state index >= 15 is 0 Å². The van der Waals surface area contributed by atoms with Crippen LogP contribution < -0.4 is 4.74 Å². The maximum Gasteiger partial charge on any atom is 0.327 e. The molecule has 6 rings (SSSR count). The molecule has 0 bridgehead atoms. The number of carboxylic acids is 1. The number of hydrogen-bond donors (Lipinski definition) is 2. The van der Waals surface area contributed by atoms with Crippen molar-refractivity contribution in [1.82, 2.24) is 9.88 Å². The molecule has 1 amide bonds. The predicted molar refractivity (Wildman–Crippen MR) is 171 cm³/mol. The normalized spacial score (nSPS) is 15.2. The fraction of sp³-hybridized carbons (Fsp3) is 0.0938. The van der Waals surface area contributed by atoms with Crippen molar-refractivity contribution < 1.29 is 19.4 Å². The number of aliphatic carboxylic acids is 1. The second kappa shape index (κ2) is 11.5. The maximum absolute atomic E-state index is 13.4. The Morgan fingerprint density at radius 3 is 2.61 bits per heavy atom. The quantitative estimate of drug-likeness (QED) is 0.134. The minimum atomic E-state index is -1.11. The number of thioether (sulfide) groups is 1. The molecule has 5 aromatic rings. The number of aromatic amines is 1.